The average Bonchev–Trinajstić information content (AvgIpc) is 2.62. The molecule has 1 rings (SSSR count). The van der Waals surface area contributed by atoms with Gasteiger partial charge in [-0.3, -0.25) is 0 Å². The highest BCUT2D eigenvalue weighted by atomic mass is 15.1. The van der Waals surface area contributed by atoms with Gasteiger partial charge < -0.3 is 4.57 Å². The second-order valence-electron chi connectivity index (χ2n) is 3.81. The van der Waals surface area contributed by atoms with Gasteiger partial charge in [-0.25, -0.2) is 4.98 Å². The summed E-state index contributed by atoms with van der Waals surface area (Å²) in [7, 11) is 2.27. The molecule has 0 aliphatic carbocycles. The lowest BCUT2D eigenvalue weighted by atomic mass is 9.72. The number of hydrogen-bond donors (Lipinski definition) is 0. The molecule has 0 aliphatic rings. The standard InChI is InChI=1S/C12H22BN2/c1-5-9-13-12-14-10(6-2)11(7-3)15(12)8-4/h5-9H2,1-4H3. The number of hydrogen-bond acceptors (Lipinski definition) is 1. The maximum atomic E-state index is 4.72. The summed E-state index contributed by atoms with van der Waals surface area (Å²) in [5, 5.41) is 0. The predicted molar refractivity (Wildman–Crippen MR) is 67.1 cm³/mol. The first kappa shape index (κ1) is 12.3. The van der Waals surface area contributed by atoms with Crippen LogP contribution in [0.2, 0.25) is 6.32 Å². The normalized spacial score (nSPS) is 10.7. The van der Waals surface area contributed by atoms with Gasteiger partial charge in [0.05, 0.1) is 11.4 Å². The summed E-state index contributed by atoms with van der Waals surface area (Å²) < 4.78 is 2.36. The van der Waals surface area contributed by atoms with Gasteiger partial charge in [0.25, 0.3) is 0 Å². The van der Waals surface area contributed by atoms with E-state index in [1.807, 2.05) is 0 Å². The van der Waals surface area contributed by atoms with Crippen LogP contribution >= 0.6 is 0 Å². The zero-order chi connectivity index (χ0) is 11.3. The lowest BCUT2D eigenvalue weighted by Gasteiger charge is -2.07. The molecule has 2 nitrogen and oxygen atoms in total. The summed E-state index contributed by atoms with van der Waals surface area (Å²) in [5.41, 5.74) is 3.87. The second kappa shape index (κ2) is 5.99. The van der Waals surface area contributed by atoms with E-state index in [1.54, 1.807) is 0 Å². The monoisotopic (exact) mass is 205 g/mol. The van der Waals surface area contributed by atoms with E-state index in [4.69, 9.17) is 4.98 Å². The Hall–Kier alpha value is -0.725. The molecule has 0 amide bonds. The third-order valence-corrected chi connectivity index (χ3v) is 2.79. The Kier molecular flexibility index (Phi) is 4.93. The van der Waals surface area contributed by atoms with Gasteiger partial charge in [0.15, 0.2) is 0 Å². The first-order valence-electron chi connectivity index (χ1n) is 6.19. The number of aryl methyl sites for hydroxylation is 1. The molecule has 83 valence electrons. The van der Waals surface area contributed by atoms with Gasteiger partial charge in [0.2, 0.25) is 7.28 Å². The van der Waals surface area contributed by atoms with Gasteiger partial charge in [-0.1, -0.05) is 33.5 Å². The van der Waals surface area contributed by atoms with Crippen molar-refractivity contribution in [2.24, 2.45) is 0 Å². The molecule has 15 heavy (non-hydrogen) atoms. The third-order valence-electron chi connectivity index (χ3n) is 2.79. The van der Waals surface area contributed by atoms with Gasteiger partial charge in [0, 0.05) is 12.2 Å². The van der Waals surface area contributed by atoms with Gasteiger partial charge in [-0.2, -0.15) is 0 Å². The number of rotatable bonds is 6. The highest BCUT2D eigenvalue weighted by Gasteiger charge is 2.12. The van der Waals surface area contributed by atoms with Crippen molar-refractivity contribution >= 4 is 13.0 Å². The molecule has 1 aromatic rings. The Morgan fingerprint density at radius 2 is 1.87 bits per heavy atom. The minimum absolute atomic E-state index is 1.03. The Morgan fingerprint density at radius 1 is 1.13 bits per heavy atom. The zero-order valence-corrected chi connectivity index (χ0v) is 10.5. The molecule has 0 unspecified atom stereocenters. The number of nitrogens with zero attached hydrogens (tertiary/aromatic N) is 2. The van der Waals surface area contributed by atoms with Crippen molar-refractivity contribution in [2.45, 2.75) is 59.8 Å². The van der Waals surface area contributed by atoms with Crippen molar-refractivity contribution < 1.29 is 0 Å². The molecule has 0 aliphatic heterocycles. The van der Waals surface area contributed by atoms with Crippen molar-refractivity contribution in [1.82, 2.24) is 9.55 Å². The highest BCUT2D eigenvalue weighted by molar-refractivity contribution is 6.51. The van der Waals surface area contributed by atoms with E-state index in [1.165, 1.54) is 23.5 Å². The molecular weight excluding hydrogens is 183 g/mol. The third kappa shape index (κ3) is 2.64. The van der Waals surface area contributed by atoms with E-state index in [0.717, 1.165) is 25.7 Å². The fourth-order valence-corrected chi connectivity index (χ4v) is 2.02. The smallest absolute Gasteiger partial charge is 0.201 e. The van der Waals surface area contributed by atoms with E-state index in [-0.39, 0.29) is 0 Å². The second-order valence-corrected chi connectivity index (χ2v) is 3.81. The van der Waals surface area contributed by atoms with Crippen LogP contribution in [0.3, 0.4) is 0 Å². The molecule has 0 atom stereocenters. The maximum Gasteiger partial charge on any atom is 0.201 e. The van der Waals surface area contributed by atoms with E-state index >= 15 is 0 Å². The molecule has 0 saturated heterocycles. The van der Waals surface area contributed by atoms with E-state index in [9.17, 15) is 0 Å². The van der Waals surface area contributed by atoms with Crippen LogP contribution in [0.4, 0.5) is 0 Å². The summed E-state index contributed by atoms with van der Waals surface area (Å²) in [6.07, 6.45) is 4.45. The lowest BCUT2D eigenvalue weighted by molar-refractivity contribution is 0.730. The van der Waals surface area contributed by atoms with Gasteiger partial charge in [0.1, 0.15) is 0 Å². The van der Waals surface area contributed by atoms with Crippen molar-refractivity contribution in [1.29, 1.82) is 0 Å². The minimum Gasteiger partial charge on any atom is -0.341 e. The predicted octanol–water partition coefficient (Wildman–Crippen LogP) is 2.19. The van der Waals surface area contributed by atoms with Crippen molar-refractivity contribution in [2.75, 3.05) is 0 Å². The molecule has 1 radical (unpaired) electrons. The Labute approximate surface area is 94.3 Å². The minimum atomic E-state index is 1.03. The van der Waals surface area contributed by atoms with Crippen molar-refractivity contribution in [3.63, 3.8) is 0 Å². The van der Waals surface area contributed by atoms with Crippen molar-refractivity contribution in [3.05, 3.63) is 11.4 Å². The SMILES string of the molecule is CCC[B]c1nc(CC)c(CC)n1CC. The zero-order valence-electron chi connectivity index (χ0n) is 10.5. The van der Waals surface area contributed by atoms with Crippen LogP contribution in [0, 0.1) is 0 Å². The van der Waals surface area contributed by atoms with Crippen LogP contribution in [0.25, 0.3) is 0 Å². The van der Waals surface area contributed by atoms with Crippen LogP contribution in [0.15, 0.2) is 0 Å². The lowest BCUT2D eigenvalue weighted by Crippen LogP contribution is -2.26. The molecule has 3 heteroatoms. The number of imidazole rings is 1. The largest absolute Gasteiger partial charge is 0.341 e. The molecule has 0 N–H and O–H groups in total. The van der Waals surface area contributed by atoms with Gasteiger partial charge >= 0.3 is 0 Å². The Morgan fingerprint density at radius 3 is 2.33 bits per heavy atom. The molecule has 0 aromatic carbocycles. The molecule has 0 saturated carbocycles. The van der Waals surface area contributed by atoms with E-state index in [0.29, 0.717) is 0 Å². The first-order chi connectivity index (χ1) is 7.28. The van der Waals surface area contributed by atoms with Crippen LogP contribution in [-0.2, 0) is 19.4 Å². The summed E-state index contributed by atoms with van der Waals surface area (Å²) >= 11 is 0. The average molecular weight is 205 g/mol. The van der Waals surface area contributed by atoms with E-state index < -0.39 is 0 Å². The molecule has 0 spiro atoms. The fourth-order valence-electron chi connectivity index (χ4n) is 2.02. The van der Waals surface area contributed by atoms with Crippen LogP contribution < -0.4 is 5.72 Å². The molecular formula is C12H22BN2. The fraction of sp³-hybridized carbons (Fsp3) is 0.750. The highest BCUT2D eigenvalue weighted by Crippen LogP contribution is 2.08. The molecule has 1 heterocycles. The summed E-state index contributed by atoms with van der Waals surface area (Å²) in [6, 6.07) is 0. The van der Waals surface area contributed by atoms with Gasteiger partial charge in [-0.15, -0.1) is 0 Å². The summed E-state index contributed by atoms with van der Waals surface area (Å²) in [5.74, 6) is 0. The molecule has 0 fully saturated rings. The molecule has 1 aromatic heterocycles. The number of aromatic nitrogens is 2. The Bertz CT molecular complexity index is 305. The summed E-state index contributed by atoms with van der Waals surface area (Å²) in [4.78, 5) is 4.72. The molecule has 0 bridgehead atoms. The maximum absolute atomic E-state index is 4.72. The van der Waals surface area contributed by atoms with E-state index in [2.05, 4.69) is 39.5 Å². The topological polar surface area (TPSA) is 17.8 Å². The quantitative estimate of drug-likeness (QED) is 0.651. The first-order valence-corrected chi connectivity index (χ1v) is 6.19. The van der Waals surface area contributed by atoms with Crippen molar-refractivity contribution in [3.8, 4) is 0 Å². The van der Waals surface area contributed by atoms with Crippen LogP contribution in [-0.4, -0.2) is 16.8 Å². The Balaban J connectivity index is 2.98. The van der Waals surface area contributed by atoms with Gasteiger partial charge in [-0.05, 0) is 19.8 Å². The van der Waals surface area contributed by atoms with Crippen LogP contribution in [0.5, 0.6) is 0 Å². The summed E-state index contributed by atoms with van der Waals surface area (Å²) in [6.45, 7) is 9.84. The van der Waals surface area contributed by atoms with Crippen LogP contribution in [0.1, 0.15) is 45.5 Å².